The van der Waals surface area contributed by atoms with Crippen molar-refractivity contribution in [1.82, 2.24) is 19.5 Å². The van der Waals surface area contributed by atoms with Gasteiger partial charge in [-0.3, -0.25) is 4.57 Å². The molecule has 2 heterocycles. The van der Waals surface area contributed by atoms with Crippen LogP contribution in [0.4, 0.5) is 5.82 Å². The van der Waals surface area contributed by atoms with E-state index in [2.05, 4.69) is 41.0 Å². The zero-order valence-corrected chi connectivity index (χ0v) is 12.4. The van der Waals surface area contributed by atoms with Crippen LogP contribution in [0, 0.1) is 13.8 Å². The molecule has 0 aliphatic carbocycles. The van der Waals surface area contributed by atoms with Crippen molar-refractivity contribution in [3.05, 3.63) is 29.6 Å². The van der Waals surface area contributed by atoms with Crippen LogP contribution in [0.15, 0.2) is 12.4 Å². The maximum absolute atomic E-state index is 4.67. The van der Waals surface area contributed by atoms with Gasteiger partial charge in [0.05, 0.1) is 5.69 Å². The molecule has 2 aromatic heterocycles. The molecule has 0 aliphatic rings. The Kier molecular flexibility index (Phi) is 3.30. The van der Waals surface area contributed by atoms with Crippen LogP contribution in [0.1, 0.15) is 38.0 Å². The van der Waals surface area contributed by atoms with Crippen LogP contribution >= 0.6 is 0 Å². The molecular formula is C14H21N5. The predicted octanol–water partition coefficient (Wildman–Crippen LogP) is 2.62. The van der Waals surface area contributed by atoms with Crippen LogP contribution in [-0.4, -0.2) is 26.6 Å². The summed E-state index contributed by atoms with van der Waals surface area (Å²) in [6.07, 6.45) is 1.80. The maximum atomic E-state index is 4.67. The van der Waals surface area contributed by atoms with E-state index in [1.807, 2.05) is 31.5 Å². The van der Waals surface area contributed by atoms with Gasteiger partial charge in [0, 0.05) is 24.2 Å². The second-order valence-corrected chi connectivity index (χ2v) is 5.72. The van der Waals surface area contributed by atoms with Gasteiger partial charge >= 0.3 is 0 Å². The largest absolute Gasteiger partial charge is 0.373 e. The molecule has 0 aromatic carbocycles. The minimum absolute atomic E-state index is 0.0921. The average molecular weight is 259 g/mol. The van der Waals surface area contributed by atoms with Gasteiger partial charge in [-0.2, -0.15) is 0 Å². The molecule has 0 radical (unpaired) electrons. The zero-order chi connectivity index (χ0) is 14.2. The highest BCUT2D eigenvalue weighted by atomic mass is 15.1. The molecule has 0 saturated carbocycles. The smallest absolute Gasteiger partial charge is 0.143 e. The van der Waals surface area contributed by atoms with Crippen LogP contribution in [-0.2, 0) is 5.41 Å². The lowest BCUT2D eigenvalue weighted by atomic mass is 9.96. The Balaban J connectivity index is 2.61. The molecule has 5 nitrogen and oxygen atoms in total. The highest BCUT2D eigenvalue weighted by Gasteiger charge is 2.20. The first-order chi connectivity index (χ1) is 8.82. The fourth-order valence-corrected chi connectivity index (χ4v) is 1.75. The van der Waals surface area contributed by atoms with Crippen molar-refractivity contribution in [3.63, 3.8) is 0 Å². The van der Waals surface area contributed by atoms with Crippen LogP contribution < -0.4 is 5.32 Å². The number of nitrogens with one attached hydrogen (secondary N) is 1. The molecule has 0 bridgehead atoms. The van der Waals surface area contributed by atoms with E-state index in [4.69, 9.17) is 0 Å². The Bertz CT molecular complexity index is 592. The monoisotopic (exact) mass is 259 g/mol. The third-order valence-electron chi connectivity index (χ3n) is 3.14. The van der Waals surface area contributed by atoms with E-state index in [9.17, 15) is 0 Å². The third-order valence-corrected chi connectivity index (χ3v) is 3.14. The number of anilines is 1. The summed E-state index contributed by atoms with van der Waals surface area (Å²) in [5.41, 5.74) is 2.02. The molecule has 2 aromatic rings. The SMILES string of the molecule is CNc1cc(-n2cnc(C)c2C)nc(C(C)(C)C)n1. The van der Waals surface area contributed by atoms with Crippen LogP contribution in [0.2, 0.25) is 0 Å². The second kappa shape index (κ2) is 4.64. The highest BCUT2D eigenvalue weighted by molar-refractivity contribution is 5.43. The quantitative estimate of drug-likeness (QED) is 0.900. The van der Waals surface area contributed by atoms with Crippen molar-refractivity contribution in [1.29, 1.82) is 0 Å². The number of hydrogen-bond donors (Lipinski definition) is 1. The molecule has 0 aliphatic heterocycles. The minimum Gasteiger partial charge on any atom is -0.373 e. The molecule has 2 rings (SSSR count). The molecule has 19 heavy (non-hydrogen) atoms. The summed E-state index contributed by atoms with van der Waals surface area (Å²) < 4.78 is 1.99. The number of rotatable bonds is 2. The number of aryl methyl sites for hydroxylation is 1. The summed E-state index contributed by atoms with van der Waals surface area (Å²) >= 11 is 0. The molecule has 1 N–H and O–H groups in total. The van der Waals surface area contributed by atoms with Gasteiger partial charge in [0.1, 0.15) is 23.8 Å². The fourth-order valence-electron chi connectivity index (χ4n) is 1.75. The van der Waals surface area contributed by atoms with E-state index < -0.39 is 0 Å². The fraction of sp³-hybridized carbons (Fsp3) is 0.500. The van der Waals surface area contributed by atoms with Gasteiger partial charge in [-0.05, 0) is 13.8 Å². The summed E-state index contributed by atoms with van der Waals surface area (Å²) in [6, 6.07) is 1.93. The van der Waals surface area contributed by atoms with Gasteiger partial charge in [-0.25, -0.2) is 15.0 Å². The molecule has 0 atom stereocenters. The van der Waals surface area contributed by atoms with Crippen molar-refractivity contribution in [2.45, 2.75) is 40.0 Å². The summed E-state index contributed by atoms with van der Waals surface area (Å²) in [7, 11) is 1.87. The predicted molar refractivity (Wildman–Crippen MR) is 76.9 cm³/mol. The average Bonchev–Trinajstić information content (AvgIpc) is 2.68. The van der Waals surface area contributed by atoms with Crippen molar-refractivity contribution in [2.75, 3.05) is 12.4 Å². The minimum atomic E-state index is -0.0921. The Morgan fingerprint density at radius 3 is 2.32 bits per heavy atom. The van der Waals surface area contributed by atoms with Crippen molar-refractivity contribution in [3.8, 4) is 5.82 Å². The second-order valence-electron chi connectivity index (χ2n) is 5.72. The molecule has 0 spiro atoms. The van der Waals surface area contributed by atoms with E-state index in [-0.39, 0.29) is 5.41 Å². The van der Waals surface area contributed by atoms with E-state index >= 15 is 0 Å². The van der Waals surface area contributed by atoms with Crippen LogP contribution in [0.3, 0.4) is 0 Å². The van der Waals surface area contributed by atoms with Gasteiger partial charge in [0.15, 0.2) is 0 Å². The maximum Gasteiger partial charge on any atom is 0.143 e. The third kappa shape index (κ3) is 2.59. The van der Waals surface area contributed by atoms with E-state index in [0.717, 1.165) is 28.8 Å². The number of imidazole rings is 1. The lowest BCUT2D eigenvalue weighted by Crippen LogP contribution is -2.18. The number of aromatic nitrogens is 4. The Morgan fingerprint density at radius 1 is 1.16 bits per heavy atom. The number of hydrogen-bond acceptors (Lipinski definition) is 4. The zero-order valence-electron chi connectivity index (χ0n) is 12.4. The van der Waals surface area contributed by atoms with Crippen LogP contribution in [0.5, 0.6) is 0 Å². The van der Waals surface area contributed by atoms with E-state index in [1.54, 1.807) is 6.33 Å². The van der Waals surface area contributed by atoms with E-state index in [1.165, 1.54) is 0 Å². The molecule has 0 fully saturated rings. The van der Waals surface area contributed by atoms with Gasteiger partial charge in [0.25, 0.3) is 0 Å². The number of nitrogens with zero attached hydrogens (tertiary/aromatic N) is 4. The van der Waals surface area contributed by atoms with Gasteiger partial charge in [0.2, 0.25) is 0 Å². The Hall–Kier alpha value is -1.91. The highest BCUT2D eigenvalue weighted by Crippen LogP contribution is 2.22. The molecule has 102 valence electrons. The molecule has 0 unspecified atom stereocenters. The topological polar surface area (TPSA) is 55.6 Å². The van der Waals surface area contributed by atoms with Crippen molar-refractivity contribution < 1.29 is 0 Å². The molecule has 0 saturated heterocycles. The molecule has 5 heteroatoms. The first kappa shape index (κ1) is 13.5. The summed E-state index contributed by atoms with van der Waals surface area (Å²) in [5, 5.41) is 3.09. The summed E-state index contributed by atoms with van der Waals surface area (Å²) in [5.74, 6) is 2.49. The summed E-state index contributed by atoms with van der Waals surface area (Å²) in [4.78, 5) is 13.5. The lowest BCUT2D eigenvalue weighted by molar-refractivity contribution is 0.544. The standard InChI is InChI=1S/C14H21N5/c1-9-10(2)19(8-16-9)12-7-11(15-6)17-13(18-12)14(3,4)5/h7-8H,1-6H3,(H,15,17,18). The van der Waals surface area contributed by atoms with Crippen LogP contribution in [0.25, 0.3) is 5.82 Å². The first-order valence-corrected chi connectivity index (χ1v) is 6.41. The normalized spacial score (nSPS) is 11.7. The van der Waals surface area contributed by atoms with Crippen molar-refractivity contribution in [2.24, 2.45) is 0 Å². The van der Waals surface area contributed by atoms with Crippen molar-refractivity contribution >= 4 is 5.82 Å². The summed E-state index contributed by atoms with van der Waals surface area (Å²) in [6.45, 7) is 10.4. The van der Waals surface area contributed by atoms with Gasteiger partial charge in [-0.1, -0.05) is 20.8 Å². The van der Waals surface area contributed by atoms with E-state index in [0.29, 0.717) is 0 Å². The first-order valence-electron chi connectivity index (χ1n) is 6.41. The van der Waals surface area contributed by atoms with Gasteiger partial charge < -0.3 is 5.32 Å². The van der Waals surface area contributed by atoms with Gasteiger partial charge in [-0.15, -0.1) is 0 Å². The molecular weight excluding hydrogens is 238 g/mol. The Labute approximate surface area is 114 Å². The Morgan fingerprint density at radius 2 is 1.84 bits per heavy atom. The lowest BCUT2D eigenvalue weighted by Gasteiger charge is -2.19. The molecule has 0 amide bonds.